The van der Waals surface area contributed by atoms with E-state index in [2.05, 4.69) is 4.74 Å². The maximum Gasteiger partial charge on any atom is 0.337 e. The van der Waals surface area contributed by atoms with Crippen molar-refractivity contribution in [3.63, 3.8) is 0 Å². The molecule has 0 spiro atoms. The molecule has 4 nitrogen and oxygen atoms in total. The Labute approximate surface area is 89.6 Å². The highest BCUT2D eigenvalue weighted by Crippen LogP contribution is 2.20. The zero-order valence-electron chi connectivity index (χ0n) is 9.28. The first-order valence-electron chi connectivity index (χ1n) is 4.68. The molecule has 82 valence electrons. The second-order valence-corrected chi connectivity index (χ2v) is 3.43. The van der Waals surface area contributed by atoms with Crippen LogP contribution in [0.4, 0.5) is 5.69 Å². The summed E-state index contributed by atoms with van der Waals surface area (Å²) < 4.78 is 4.64. The van der Waals surface area contributed by atoms with Gasteiger partial charge in [0.25, 0.3) is 0 Å². The summed E-state index contributed by atoms with van der Waals surface area (Å²) in [5.41, 5.74) is 8.10. The lowest BCUT2D eigenvalue weighted by Gasteiger charge is -2.17. The van der Waals surface area contributed by atoms with Crippen LogP contribution in [0.2, 0.25) is 0 Å². The van der Waals surface area contributed by atoms with Crippen molar-refractivity contribution < 1.29 is 9.53 Å². The highest BCUT2D eigenvalue weighted by atomic mass is 16.5. The molecule has 1 aromatic carbocycles. The number of carbonyl (C=O) groups excluding carboxylic acids is 1. The predicted octanol–water partition coefficient (Wildman–Crippen LogP) is 0.998. The fraction of sp³-hybridized carbons (Fsp3) is 0.364. The number of esters is 1. The summed E-state index contributed by atoms with van der Waals surface area (Å²) in [4.78, 5) is 13.2. The SMILES string of the molecule is COC(=O)c1ccc(N(C)C)c(CN)c1. The van der Waals surface area contributed by atoms with Gasteiger partial charge in [-0.25, -0.2) is 4.79 Å². The molecule has 0 saturated carbocycles. The van der Waals surface area contributed by atoms with Gasteiger partial charge in [0.2, 0.25) is 0 Å². The Hall–Kier alpha value is -1.55. The van der Waals surface area contributed by atoms with Crippen LogP contribution < -0.4 is 10.6 Å². The number of anilines is 1. The van der Waals surface area contributed by atoms with Gasteiger partial charge in [0.1, 0.15) is 0 Å². The Morgan fingerprint density at radius 2 is 2.13 bits per heavy atom. The lowest BCUT2D eigenvalue weighted by Crippen LogP contribution is -2.14. The van der Waals surface area contributed by atoms with Crippen molar-refractivity contribution in [1.29, 1.82) is 0 Å². The Morgan fingerprint density at radius 3 is 2.60 bits per heavy atom. The molecule has 0 bridgehead atoms. The molecule has 0 aliphatic heterocycles. The van der Waals surface area contributed by atoms with E-state index in [-0.39, 0.29) is 5.97 Å². The first kappa shape index (κ1) is 11.5. The Bertz CT molecular complexity index is 362. The zero-order valence-corrected chi connectivity index (χ0v) is 9.28. The molecular formula is C11H16N2O2. The second-order valence-electron chi connectivity index (χ2n) is 3.43. The standard InChI is InChI=1S/C11H16N2O2/c1-13(2)10-5-4-8(11(14)15-3)6-9(10)7-12/h4-6H,7,12H2,1-3H3. The number of hydrogen-bond acceptors (Lipinski definition) is 4. The predicted molar refractivity (Wildman–Crippen MR) is 60.0 cm³/mol. The minimum Gasteiger partial charge on any atom is -0.465 e. The van der Waals surface area contributed by atoms with Crippen molar-refractivity contribution in [2.45, 2.75) is 6.54 Å². The highest BCUT2D eigenvalue weighted by molar-refractivity contribution is 5.90. The monoisotopic (exact) mass is 208 g/mol. The second kappa shape index (κ2) is 4.79. The number of methoxy groups -OCH3 is 1. The summed E-state index contributed by atoms with van der Waals surface area (Å²) in [6, 6.07) is 5.37. The molecule has 0 amide bonds. The molecule has 15 heavy (non-hydrogen) atoms. The summed E-state index contributed by atoms with van der Waals surface area (Å²) in [6.45, 7) is 0.401. The molecule has 0 unspecified atom stereocenters. The smallest absolute Gasteiger partial charge is 0.337 e. The Balaban J connectivity index is 3.13. The third kappa shape index (κ3) is 2.47. The van der Waals surface area contributed by atoms with E-state index in [9.17, 15) is 4.79 Å². The third-order valence-corrected chi connectivity index (χ3v) is 2.20. The van der Waals surface area contributed by atoms with Crippen LogP contribution in [0.1, 0.15) is 15.9 Å². The zero-order chi connectivity index (χ0) is 11.4. The molecule has 0 aromatic heterocycles. The first-order chi connectivity index (χ1) is 7.10. The van der Waals surface area contributed by atoms with Crippen LogP contribution in [-0.4, -0.2) is 27.2 Å². The largest absolute Gasteiger partial charge is 0.465 e. The van der Waals surface area contributed by atoms with Gasteiger partial charge in [-0.2, -0.15) is 0 Å². The van der Waals surface area contributed by atoms with Crippen molar-refractivity contribution >= 4 is 11.7 Å². The van der Waals surface area contributed by atoms with Gasteiger partial charge in [0.05, 0.1) is 12.7 Å². The van der Waals surface area contributed by atoms with Crippen molar-refractivity contribution in [3.8, 4) is 0 Å². The topological polar surface area (TPSA) is 55.6 Å². The number of nitrogens with two attached hydrogens (primary N) is 1. The average Bonchev–Trinajstić information content (AvgIpc) is 2.26. The van der Waals surface area contributed by atoms with Crippen LogP contribution >= 0.6 is 0 Å². The minimum atomic E-state index is -0.338. The third-order valence-electron chi connectivity index (χ3n) is 2.20. The summed E-state index contributed by atoms with van der Waals surface area (Å²) in [7, 11) is 5.24. The number of rotatable bonds is 3. The van der Waals surface area contributed by atoms with Gasteiger partial charge in [0, 0.05) is 26.3 Å². The van der Waals surface area contributed by atoms with Crippen molar-refractivity contribution in [2.75, 3.05) is 26.1 Å². The molecule has 0 saturated heterocycles. The number of ether oxygens (including phenoxy) is 1. The summed E-state index contributed by atoms with van der Waals surface area (Å²) in [5.74, 6) is -0.338. The van der Waals surface area contributed by atoms with Gasteiger partial charge in [-0.05, 0) is 23.8 Å². The summed E-state index contributed by atoms with van der Waals surface area (Å²) in [6.07, 6.45) is 0. The van der Waals surface area contributed by atoms with Crippen LogP contribution in [0.25, 0.3) is 0 Å². The molecule has 0 aliphatic rings. The van der Waals surface area contributed by atoms with E-state index in [4.69, 9.17) is 5.73 Å². The first-order valence-corrected chi connectivity index (χ1v) is 4.68. The van der Waals surface area contributed by atoms with Crippen molar-refractivity contribution in [3.05, 3.63) is 29.3 Å². The van der Waals surface area contributed by atoms with Crippen LogP contribution in [0, 0.1) is 0 Å². The Kier molecular flexibility index (Phi) is 3.68. The molecule has 0 heterocycles. The van der Waals surface area contributed by atoms with Gasteiger partial charge in [-0.15, -0.1) is 0 Å². The normalized spacial score (nSPS) is 9.87. The molecule has 0 fully saturated rings. The van der Waals surface area contributed by atoms with Gasteiger partial charge in [-0.1, -0.05) is 0 Å². The Morgan fingerprint density at radius 1 is 1.47 bits per heavy atom. The van der Waals surface area contributed by atoms with E-state index >= 15 is 0 Å². The van der Waals surface area contributed by atoms with Crippen molar-refractivity contribution in [2.24, 2.45) is 5.73 Å². The van der Waals surface area contributed by atoms with Crippen LogP contribution in [-0.2, 0) is 11.3 Å². The number of carbonyl (C=O) groups is 1. The van der Waals surface area contributed by atoms with E-state index in [0.29, 0.717) is 12.1 Å². The van der Waals surface area contributed by atoms with E-state index in [1.807, 2.05) is 25.1 Å². The minimum absolute atomic E-state index is 0.338. The fourth-order valence-corrected chi connectivity index (χ4v) is 1.43. The maximum absolute atomic E-state index is 11.3. The highest BCUT2D eigenvalue weighted by Gasteiger charge is 2.09. The molecule has 1 rings (SSSR count). The number of hydrogen-bond donors (Lipinski definition) is 1. The van der Waals surface area contributed by atoms with Gasteiger partial charge in [0.15, 0.2) is 0 Å². The fourth-order valence-electron chi connectivity index (χ4n) is 1.43. The van der Waals surface area contributed by atoms with Crippen molar-refractivity contribution in [1.82, 2.24) is 0 Å². The molecule has 1 aromatic rings. The van der Waals surface area contributed by atoms with E-state index < -0.39 is 0 Å². The van der Waals surface area contributed by atoms with Crippen LogP contribution in [0.15, 0.2) is 18.2 Å². The van der Waals surface area contributed by atoms with E-state index in [1.165, 1.54) is 7.11 Å². The van der Waals surface area contributed by atoms with Crippen LogP contribution in [0.3, 0.4) is 0 Å². The summed E-state index contributed by atoms with van der Waals surface area (Å²) in [5, 5.41) is 0. The van der Waals surface area contributed by atoms with Gasteiger partial charge < -0.3 is 15.4 Å². The lowest BCUT2D eigenvalue weighted by atomic mass is 10.1. The number of benzene rings is 1. The quantitative estimate of drug-likeness (QED) is 0.753. The molecule has 4 heteroatoms. The van der Waals surface area contributed by atoms with Gasteiger partial charge >= 0.3 is 5.97 Å². The molecule has 2 N–H and O–H groups in total. The number of nitrogens with zero attached hydrogens (tertiary/aromatic N) is 1. The molecule has 0 atom stereocenters. The van der Waals surface area contributed by atoms with Crippen LogP contribution in [0.5, 0.6) is 0 Å². The maximum atomic E-state index is 11.3. The summed E-state index contributed by atoms with van der Waals surface area (Å²) >= 11 is 0. The molecule has 0 aliphatic carbocycles. The molecular weight excluding hydrogens is 192 g/mol. The lowest BCUT2D eigenvalue weighted by molar-refractivity contribution is 0.0600. The average molecular weight is 208 g/mol. The molecule has 0 radical (unpaired) electrons. The van der Waals surface area contributed by atoms with E-state index in [0.717, 1.165) is 11.3 Å². The van der Waals surface area contributed by atoms with Gasteiger partial charge in [-0.3, -0.25) is 0 Å². The van der Waals surface area contributed by atoms with E-state index in [1.54, 1.807) is 12.1 Å².